The smallest absolute Gasteiger partial charge is 0.126 e. The van der Waals surface area contributed by atoms with Crippen LogP contribution < -0.4 is 10.0 Å². The summed E-state index contributed by atoms with van der Waals surface area (Å²) in [6.45, 7) is 13.8. The SMILES string of the molecule is CCC(CC)(Pc1ccccc1/C=N/C(C)(C)C)c1cccc(C)c1OCc1ccccc1. The molecule has 3 aromatic carbocycles. The molecule has 0 heterocycles. The van der Waals surface area contributed by atoms with Gasteiger partial charge in [0.15, 0.2) is 0 Å². The summed E-state index contributed by atoms with van der Waals surface area (Å²) < 4.78 is 6.50. The summed E-state index contributed by atoms with van der Waals surface area (Å²) in [7, 11) is 0.628. The zero-order valence-electron chi connectivity index (χ0n) is 21.0. The fourth-order valence-electron chi connectivity index (χ4n) is 4.07. The van der Waals surface area contributed by atoms with Crippen LogP contribution in [0.15, 0.2) is 77.8 Å². The van der Waals surface area contributed by atoms with E-state index in [-0.39, 0.29) is 10.7 Å². The molecule has 2 nitrogen and oxygen atoms in total. The maximum absolute atomic E-state index is 6.50. The van der Waals surface area contributed by atoms with Crippen molar-refractivity contribution in [2.45, 2.75) is 71.7 Å². The first-order valence-corrected chi connectivity index (χ1v) is 13.0. The molecule has 1 atom stereocenters. The Kier molecular flexibility index (Phi) is 8.49. The normalized spacial score (nSPS) is 12.7. The van der Waals surface area contributed by atoms with Crippen molar-refractivity contribution >= 4 is 20.1 Å². The summed E-state index contributed by atoms with van der Waals surface area (Å²) in [5, 5.41) is 1.38. The zero-order chi connectivity index (χ0) is 23.9. The molecule has 0 spiro atoms. The van der Waals surface area contributed by atoms with Gasteiger partial charge in [0.1, 0.15) is 12.4 Å². The van der Waals surface area contributed by atoms with Crippen molar-refractivity contribution in [1.29, 1.82) is 0 Å². The van der Waals surface area contributed by atoms with E-state index in [1.807, 2.05) is 6.07 Å². The van der Waals surface area contributed by atoms with Gasteiger partial charge in [-0.2, -0.15) is 0 Å². The van der Waals surface area contributed by atoms with Gasteiger partial charge >= 0.3 is 0 Å². The maximum Gasteiger partial charge on any atom is 0.126 e. The standard InChI is InChI=1S/C30H38NOP/c1-7-30(8-2,33-27-20-13-12-18-25(27)21-31-29(4,5)6)26-19-14-15-23(3)28(26)32-22-24-16-10-9-11-17-24/h9-21,33H,7-8,22H2,1-6H3/b31-21+. The molecule has 3 rings (SSSR count). The van der Waals surface area contributed by atoms with E-state index in [0.717, 1.165) is 18.6 Å². The van der Waals surface area contributed by atoms with Crippen LogP contribution in [0.4, 0.5) is 0 Å². The van der Waals surface area contributed by atoms with Crippen LogP contribution in [0.5, 0.6) is 5.75 Å². The third-order valence-corrected chi connectivity index (χ3v) is 8.27. The molecule has 0 aliphatic rings. The average molecular weight is 460 g/mol. The fourth-order valence-corrected chi connectivity index (χ4v) is 5.74. The topological polar surface area (TPSA) is 21.6 Å². The second-order valence-electron chi connectivity index (χ2n) is 9.66. The van der Waals surface area contributed by atoms with E-state index in [9.17, 15) is 0 Å². The zero-order valence-corrected chi connectivity index (χ0v) is 22.0. The number of para-hydroxylation sites is 1. The molecule has 0 amide bonds. The number of hydrogen-bond donors (Lipinski definition) is 0. The largest absolute Gasteiger partial charge is 0.488 e. The Labute approximate surface area is 202 Å². The van der Waals surface area contributed by atoms with Crippen molar-refractivity contribution in [3.05, 3.63) is 95.1 Å². The van der Waals surface area contributed by atoms with Crippen molar-refractivity contribution in [1.82, 2.24) is 0 Å². The number of aryl methyl sites for hydroxylation is 1. The fraction of sp³-hybridized carbons (Fsp3) is 0.367. The molecule has 0 fully saturated rings. The van der Waals surface area contributed by atoms with Gasteiger partial charge in [-0.1, -0.05) is 95.2 Å². The second kappa shape index (κ2) is 11.1. The third kappa shape index (κ3) is 6.55. The number of hydrogen-bond acceptors (Lipinski definition) is 2. The van der Waals surface area contributed by atoms with E-state index in [4.69, 9.17) is 9.73 Å². The maximum atomic E-state index is 6.50. The van der Waals surface area contributed by atoms with Crippen LogP contribution in [0.3, 0.4) is 0 Å². The van der Waals surface area contributed by atoms with E-state index in [2.05, 4.69) is 114 Å². The number of nitrogens with zero attached hydrogens (tertiary/aromatic N) is 1. The van der Waals surface area contributed by atoms with Crippen molar-refractivity contribution < 1.29 is 4.74 Å². The summed E-state index contributed by atoms with van der Waals surface area (Å²) in [4.78, 5) is 4.79. The van der Waals surface area contributed by atoms with Gasteiger partial charge in [0.25, 0.3) is 0 Å². The Morgan fingerprint density at radius 2 is 1.52 bits per heavy atom. The first-order chi connectivity index (χ1) is 15.8. The third-order valence-electron chi connectivity index (χ3n) is 6.09. The number of rotatable bonds is 9. The van der Waals surface area contributed by atoms with Crippen LogP contribution in [0.1, 0.15) is 69.7 Å². The molecule has 0 radical (unpaired) electrons. The van der Waals surface area contributed by atoms with Gasteiger partial charge in [0.05, 0.1) is 5.54 Å². The summed E-state index contributed by atoms with van der Waals surface area (Å²) in [6.07, 6.45) is 4.16. The predicted molar refractivity (Wildman–Crippen MR) is 146 cm³/mol. The van der Waals surface area contributed by atoms with E-state index < -0.39 is 0 Å². The Balaban J connectivity index is 2.00. The van der Waals surface area contributed by atoms with E-state index >= 15 is 0 Å². The molecule has 0 saturated carbocycles. The van der Waals surface area contributed by atoms with Crippen molar-refractivity contribution in [3.63, 3.8) is 0 Å². The highest BCUT2D eigenvalue weighted by molar-refractivity contribution is 7.48. The monoisotopic (exact) mass is 459 g/mol. The van der Waals surface area contributed by atoms with Crippen molar-refractivity contribution in [2.75, 3.05) is 0 Å². The Morgan fingerprint density at radius 3 is 2.18 bits per heavy atom. The lowest BCUT2D eigenvalue weighted by atomic mass is 9.90. The quantitative estimate of drug-likeness (QED) is 0.236. The number of benzene rings is 3. The van der Waals surface area contributed by atoms with Crippen LogP contribution in [0.25, 0.3) is 0 Å². The molecular formula is C30H38NOP. The lowest BCUT2D eigenvalue weighted by molar-refractivity contribution is 0.296. The van der Waals surface area contributed by atoms with Crippen LogP contribution in [-0.4, -0.2) is 11.8 Å². The molecular weight excluding hydrogens is 421 g/mol. The summed E-state index contributed by atoms with van der Waals surface area (Å²) in [6, 6.07) is 25.8. The Morgan fingerprint density at radius 1 is 0.848 bits per heavy atom. The molecule has 0 bridgehead atoms. The molecule has 1 unspecified atom stereocenters. The highest BCUT2D eigenvalue weighted by Gasteiger charge is 2.33. The van der Waals surface area contributed by atoms with Crippen LogP contribution >= 0.6 is 8.58 Å². The molecule has 0 aliphatic carbocycles. The van der Waals surface area contributed by atoms with E-state index in [1.54, 1.807) is 0 Å². The van der Waals surface area contributed by atoms with E-state index in [0.29, 0.717) is 15.2 Å². The molecule has 0 N–H and O–H groups in total. The number of ether oxygens (including phenoxy) is 1. The van der Waals surface area contributed by atoms with Gasteiger partial charge in [0.2, 0.25) is 0 Å². The van der Waals surface area contributed by atoms with Crippen LogP contribution in [0.2, 0.25) is 0 Å². The lowest BCUT2D eigenvalue weighted by Gasteiger charge is -2.35. The number of aliphatic imine (C=N–C) groups is 1. The molecule has 174 valence electrons. The van der Waals surface area contributed by atoms with Crippen LogP contribution in [-0.2, 0) is 11.8 Å². The molecule has 0 aliphatic heterocycles. The van der Waals surface area contributed by atoms with E-state index in [1.165, 1.54) is 27.6 Å². The van der Waals surface area contributed by atoms with Crippen molar-refractivity contribution in [3.8, 4) is 5.75 Å². The van der Waals surface area contributed by atoms with Gasteiger partial charge in [-0.25, -0.2) is 0 Å². The lowest BCUT2D eigenvalue weighted by Crippen LogP contribution is -2.24. The van der Waals surface area contributed by atoms with Gasteiger partial charge in [0, 0.05) is 16.9 Å². The molecule has 3 aromatic rings. The summed E-state index contributed by atoms with van der Waals surface area (Å²) in [5.41, 5.74) is 4.84. The van der Waals surface area contributed by atoms with Gasteiger partial charge < -0.3 is 4.74 Å². The molecule has 33 heavy (non-hydrogen) atoms. The molecule has 0 aromatic heterocycles. The van der Waals surface area contributed by atoms with Gasteiger partial charge in [-0.05, 0) is 62.5 Å². The minimum atomic E-state index is -0.0855. The van der Waals surface area contributed by atoms with Gasteiger partial charge in [-0.15, -0.1) is 0 Å². The van der Waals surface area contributed by atoms with Crippen molar-refractivity contribution in [2.24, 2.45) is 4.99 Å². The first kappa shape index (κ1) is 25.2. The molecule has 3 heteroatoms. The minimum absolute atomic E-state index is 0.0176. The first-order valence-electron chi connectivity index (χ1n) is 12.0. The Bertz CT molecular complexity index is 1060. The van der Waals surface area contributed by atoms with Gasteiger partial charge in [-0.3, -0.25) is 4.99 Å². The predicted octanol–water partition coefficient (Wildman–Crippen LogP) is 7.81. The van der Waals surface area contributed by atoms with Crippen LogP contribution in [0, 0.1) is 6.92 Å². The highest BCUT2D eigenvalue weighted by Crippen LogP contribution is 2.51. The summed E-state index contributed by atoms with van der Waals surface area (Å²) in [5.74, 6) is 1.04. The summed E-state index contributed by atoms with van der Waals surface area (Å²) >= 11 is 0. The second-order valence-corrected chi connectivity index (χ2v) is 11.4. The Hall–Kier alpha value is -2.44. The molecule has 0 saturated heterocycles. The average Bonchev–Trinajstić information content (AvgIpc) is 2.81. The highest BCUT2D eigenvalue weighted by atomic mass is 31.1. The minimum Gasteiger partial charge on any atom is -0.488 e.